The van der Waals surface area contributed by atoms with Crippen molar-refractivity contribution < 1.29 is 5.11 Å². The molecule has 1 atom stereocenters. The Morgan fingerprint density at radius 3 is 3.00 bits per heavy atom. The van der Waals surface area contributed by atoms with Crippen molar-refractivity contribution in [3.8, 4) is 0 Å². The van der Waals surface area contributed by atoms with Crippen molar-refractivity contribution in [3.63, 3.8) is 0 Å². The summed E-state index contributed by atoms with van der Waals surface area (Å²) in [7, 11) is 0. The lowest BCUT2D eigenvalue weighted by Crippen LogP contribution is -2.21. The van der Waals surface area contributed by atoms with Crippen molar-refractivity contribution in [1.82, 2.24) is 4.98 Å². The zero-order valence-corrected chi connectivity index (χ0v) is 10.9. The van der Waals surface area contributed by atoms with Gasteiger partial charge in [-0.15, -0.1) is 0 Å². The van der Waals surface area contributed by atoms with Gasteiger partial charge in [0.15, 0.2) is 0 Å². The van der Waals surface area contributed by atoms with E-state index in [0.717, 1.165) is 34.0 Å². The maximum absolute atomic E-state index is 9.62. The average molecular weight is 293 g/mol. The summed E-state index contributed by atoms with van der Waals surface area (Å²) >= 11 is 3.49. The first-order chi connectivity index (χ1) is 8.24. The van der Waals surface area contributed by atoms with Crippen LogP contribution < -0.4 is 4.90 Å². The first-order valence-corrected chi connectivity index (χ1v) is 6.50. The van der Waals surface area contributed by atoms with Crippen molar-refractivity contribution in [2.24, 2.45) is 0 Å². The van der Waals surface area contributed by atoms with E-state index >= 15 is 0 Å². The lowest BCUT2D eigenvalue weighted by molar-refractivity contribution is 0.198. The monoisotopic (exact) mass is 292 g/mol. The van der Waals surface area contributed by atoms with E-state index in [1.165, 1.54) is 0 Å². The minimum Gasteiger partial charge on any atom is -0.391 e. The van der Waals surface area contributed by atoms with Gasteiger partial charge in [0, 0.05) is 34.8 Å². The van der Waals surface area contributed by atoms with Gasteiger partial charge < -0.3 is 10.0 Å². The highest BCUT2D eigenvalue weighted by Crippen LogP contribution is 2.30. The van der Waals surface area contributed by atoms with Crippen molar-refractivity contribution >= 4 is 32.5 Å². The van der Waals surface area contributed by atoms with E-state index in [2.05, 4.69) is 31.9 Å². The Kier molecular flexibility index (Phi) is 2.76. The number of aliphatic hydroxyl groups excluding tert-OH is 1. The highest BCUT2D eigenvalue weighted by atomic mass is 79.9. The van der Waals surface area contributed by atoms with E-state index in [0.29, 0.717) is 6.54 Å². The molecule has 1 saturated heterocycles. The smallest absolute Gasteiger partial charge is 0.0731 e. The number of nitrogens with zero attached hydrogens (tertiary/aromatic N) is 2. The number of hydrogen-bond acceptors (Lipinski definition) is 3. The molecule has 0 aliphatic carbocycles. The van der Waals surface area contributed by atoms with Crippen LogP contribution in [0, 0.1) is 0 Å². The fourth-order valence-corrected chi connectivity index (χ4v) is 2.70. The molecule has 3 nitrogen and oxygen atoms in total. The van der Waals surface area contributed by atoms with Crippen LogP contribution in [0.5, 0.6) is 0 Å². The van der Waals surface area contributed by atoms with Gasteiger partial charge in [-0.2, -0.15) is 0 Å². The normalized spacial score (nSPS) is 20.1. The third-order valence-corrected chi connectivity index (χ3v) is 3.68. The van der Waals surface area contributed by atoms with Crippen molar-refractivity contribution in [2.45, 2.75) is 12.5 Å². The van der Waals surface area contributed by atoms with Crippen LogP contribution in [0.4, 0.5) is 5.69 Å². The van der Waals surface area contributed by atoms with Gasteiger partial charge in [0.1, 0.15) is 0 Å². The molecular formula is C13H13BrN2O. The van der Waals surface area contributed by atoms with Crippen LogP contribution in [0.2, 0.25) is 0 Å². The lowest BCUT2D eigenvalue weighted by Gasteiger charge is -2.19. The Labute approximate surface area is 108 Å². The number of halogens is 1. The molecule has 0 bridgehead atoms. The van der Waals surface area contributed by atoms with E-state index in [9.17, 15) is 5.11 Å². The standard InChI is InChI=1S/C13H13BrN2O/c14-9-1-2-12-11(7-9)13(3-5-15-12)16-6-4-10(17)8-16/h1-3,5,7,10,17H,4,6,8H2/t10-/m0/s1. The molecule has 1 aliphatic rings. The third-order valence-electron chi connectivity index (χ3n) is 3.18. The summed E-state index contributed by atoms with van der Waals surface area (Å²) in [5, 5.41) is 10.8. The largest absolute Gasteiger partial charge is 0.391 e. The Morgan fingerprint density at radius 1 is 1.35 bits per heavy atom. The molecule has 1 N–H and O–H groups in total. The number of β-amino-alcohol motifs (C(OH)–C–C–N with tert-alkyl or cyclic N) is 1. The summed E-state index contributed by atoms with van der Waals surface area (Å²) in [6.07, 6.45) is 2.47. The predicted molar refractivity (Wildman–Crippen MR) is 72.3 cm³/mol. The molecule has 4 heteroatoms. The molecule has 0 radical (unpaired) electrons. The van der Waals surface area contributed by atoms with Crippen molar-refractivity contribution in [2.75, 3.05) is 18.0 Å². The van der Waals surface area contributed by atoms with Crippen LogP contribution in [0.1, 0.15) is 6.42 Å². The van der Waals surface area contributed by atoms with Crippen LogP contribution in [0.15, 0.2) is 34.9 Å². The first-order valence-electron chi connectivity index (χ1n) is 5.71. The molecule has 3 rings (SSSR count). The van der Waals surface area contributed by atoms with E-state index in [4.69, 9.17) is 0 Å². The second-order valence-corrected chi connectivity index (χ2v) is 5.30. The molecule has 1 aromatic carbocycles. The lowest BCUT2D eigenvalue weighted by atomic mass is 10.2. The predicted octanol–water partition coefficient (Wildman–Crippen LogP) is 2.57. The SMILES string of the molecule is O[C@H]1CCN(c2ccnc3ccc(Br)cc23)C1. The van der Waals surface area contributed by atoms with Gasteiger partial charge in [-0.1, -0.05) is 15.9 Å². The van der Waals surface area contributed by atoms with Crippen LogP contribution in [0.3, 0.4) is 0 Å². The molecule has 0 amide bonds. The molecule has 17 heavy (non-hydrogen) atoms. The number of pyridine rings is 1. The fraction of sp³-hybridized carbons (Fsp3) is 0.308. The second kappa shape index (κ2) is 4.27. The minimum absolute atomic E-state index is 0.203. The van der Waals surface area contributed by atoms with E-state index in [1.807, 2.05) is 24.4 Å². The molecule has 0 spiro atoms. The van der Waals surface area contributed by atoms with Gasteiger partial charge in [-0.25, -0.2) is 0 Å². The maximum Gasteiger partial charge on any atom is 0.0731 e. The van der Waals surface area contributed by atoms with Gasteiger partial charge in [0.2, 0.25) is 0 Å². The first kappa shape index (κ1) is 11.0. The number of hydrogen-bond donors (Lipinski definition) is 1. The van der Waals surface area contributed by atoms with Gasteiger partial charge in [0.25, 0.3) is 0 Å². The molecule has 2 aromatic rings. The molecule has 2 heterocycles. The molecule has 1 aliphatic heterocycles. The summed E-state index contributed by atoms with van der Waals surface area (Å²) in [6.45, 7) is 1.62. The molecular weight excluding hydrogens is 280 g/mol. The van der Waals surface area contributed by atoms with E-state index in [1.54, 1.807) is 0 Å². The van der Waals surface area contributed by atoms with Gasteiger partial charge >= 0.3 is 0 Å². The topological polar surface area (TPSA) is 36.4 Å². The third kappa shape index (κ3) is 2.03. The summed E-state index contributed by atoms with van der Waals surface area (Å²) in [4.78, 5) is 6.59. The number of rotatable bonds is 1. The van der Waals surface area contributed by atoms with Gasteiger partial charge in [-0.3, -0.25) is 4.98 Å². The quantitative estimate of drug-likeness (QED) is 0.878. The Balaban J connectivity index is 2.12. The maximum atomic E-state index is 9.62. The average Bonchev–Trinajstić information content (AvgIpc) is 2.75. The highest BCUT2D eigenvalue weighted by Gasteiger charge is 2.21. The molecule has 0 saturated carbocycles. The fourth-order valence-electron chi connectivity index (χ4n) is 2.34. The van der Waals surface area contributed by atoms with Crippen LogP contribution >= 0.6 is 15.9 Å². The zero-order valence-electron chi connectivity index (χ0n) is 9.31. The Morgan fingerprint density at radius 2 is 2.24 bits per heavy atom. The summed E-state index contributed by atoms with van der Waals surface area (Å²) in [6, 6.07) is 8.11. The van der Waals surface area contributed by atoms with Crippen LogP contribution in [0.25, 0.3) is 10.9 Å². The number of fused-ring (bicyclic) bond motifs is 1. The Hall–Kier alpha value is -1.13. The second-order valence-electron chi connectivity index (χ2n) is 4.38. The van der Waals surface area contributed by atoms with Gasteiger partial charge in [0.05, 0.1) is 11.6 Å². The van der Waals surface area contributed by atoms with Crippen LogP contribution in [-0.4, -0.2) is 29.3 Å². The van der Waals surface area contributed by atoms with Crippen molar-refractivity contribution in [1.29, 1.82) is 0 Å². The number of anilines is 1. The molecule has 0 unspecified atom stereocenters. The number of benzene rings is 1. The molecule has 1 aromatic heterocycles. The van der Waals surface area contributed by atoms with Gasteiger partial charge in [-0.05, 0) is 30.7 Å². The van der Waals surface area contributed by atoms with E-state index in [-0.39, 0.29) is 6.10 Å². The minimum atomic E-state index is -0.203. The zero-order chi connectivity index (χ0) is 11.8. The molecule has 1 fully saturated rings. The Bertz CT molecular complexity index is 558. The summed E-state index contributed by atoms with van der Waals surface area (Å²) in [5.41, 5.74) is 2.15. The number of aromatic nitrogens is 1. The highest BCUT2D eigenvalue weighted by molar-refractivity contribution is 9.10. The molecule has 88 valence electrons. The number of aliphatic hydroxyl groups is 1. The summed E-state index contributed by atoms with van der Waals surface area (Å²) in [5.74, 6) is 0. The summed E-state index contributed by atoms with van der Waals surface area (Å²) < 4.78 is 1.05. The van der Waals surface area contributed by atoms with Crippen molar-refractivity contribution in [3.05, 3.63) is 34.9 Å². The van der Waals surface area contributed by atoms with Crippen LogP contribution in [-0.2, 0) is 0 Å². The van der Waals surface area contributed by atoms with E-state index < -0.39 is 0 Å².